The van der Waals surface area contributed by atoms with Gasteiger partial charge in [-0.25, -0.2) is 0 Å². The molecule has 0 heterocycles. The van der Waals surface area contributed by atoms with Crippen LogP contribution >= 0.6 is 0 Å². The first-order chi connectivity index (χ1) is 21.6. The molecule has 0 aliphatic heterocycles. The van der Waals surface area contributed by atoms with Crippen LogP contribution in [0.25, 0.3) is 33.4 Å². The van der Waals surface area contributed by atoms with Gasteiger partial charge in [-0.15, -0.1) is 6.58 Å². The third-order valence-electron chi connectivity index (χ3n) is 9.48. The van der Waals surface area contributed by atoms with Gasteiger partial charge in [0.25, 0.3) is 0 Å². The lowest BCUT2D eigenvalue weighted by Gasteiger charge is -2.30. The quantitative estimate of drug-likeness (QED) is 0.164. The third-order valence-corrected chi connectivity index (χ3v) is 9.48. The Morgan fingerprint density at radius 1 is 0.600 bits per heavy atom. The average Bonchev–Trinajstić information content (AvgIpc) is 3.06. The number of allylic oxidation sites excluding steroid dienone is 1. The third kappa shape index (κ3) is 5.69. The van der Waals surface area contributed by atoms with E-state index in [0.29, 0.717) is 5.92 Å². The van der Waals surface area contributed by atoms with Crippen molar-refractivity contribution in [3.05, 3.63) is 191 Å². The normalized spacial score (nSPS) is 13.3. The first kappa shape index (κ1) is 30.1. The van der Waals surface area contributed by atoms with Gasteiger partial charge in [-0.2, -0.15) is 0 Å². The summed E-state index contributed by atoms with van der Waals surface area (Å²) in [7, 11) is 0. The predicted octanol–water partition coefficient (Wildman–Crippen LogP) is 11.9. The van der Waals surface area contributed by atoms with Crippen molar-refractivity contribution in [1.82, 2.24) is 0 Å². The highest BCUT2D eigenvalue weighted by molar-refractivity contribution is 5.85. The molecule has 0 nitrogen and oxygen atoms in total. The first-order valence-electron chi connectivity index (χ1n) is 15.8. The Kier molecular flexibility index (Phi) is 8.67. The van der Waals surface area contributed by atoms with E-state index in [-0.39, 0.29) is 7.43 Å². The molecular weight excluding hydrogens is 540 g/mol. The number of hydrogen-bond donors (Lipinski definition) is 0. The van der Waals surface area contributed by atoms with Crippen molar-refractivity contribution in [1.29, 1.82) is 0 Å². The summed E-state index contributed by atoms with van der Waals surface area (Å²) in [6.07, 6.45) is 4.81. The molecule has 7 rings (SSSR count). The fourth-order valence-corrected chi connectivity index (χ4v) is 7.28. The Morgan fingerprint density at radius 2 is 1.20 bits per heavy atom. The Morgan fingerprint density at radius 3 is 1.91 bits per heavy atom. The molecule has 45 heavy (non-hydrogen) atoms. The lowest BCUT2D eigenvalue weighted by atomic mass is 9.73. The monoisotopic (exact) mass is 582 g/mol. The Bertz CT molecular complexity index is 1970. The van der Waals surface area contributed by atoms with Crippen LogP contribution in [0.4, 0.5) is 0 Å². The van der Waals surface area contributed by atoms with Gasteiger partial charge in [-0.1, -0.05) is 147 Å². The van der Waals surface area contributed by atoms with Gasteiger partial charge in [-0.3, -0.25) is 0 Å². The smallest absolute Gasteiger partial charge is 0.0136 e. The first-order valence-corrected chi connectivity index (χ1v) is 15.8. The molecule has 0 aromatic heterocycles. The second kappa shape index (κ2) is 13.0. The largest absolute Gasteiger partial charge is 0.103 e. The summed E-state index contributed by atoms with van der Waals surface area (Å²) in [5, 5.41) is 0. The topological polar surface area (TPSA) is 0 Å². The van der Waals surface area contributed by atoms with Crippen LogP contribution in [0.2, 0.25) is 0 Å². The summed E-state index contributed by atoms with van der Waals surface area (Å²) in [5.74, 6) is 0.338. The van der Waals surface area contributed by atoms with Crippen molar-refractivity contribution in [3.8, 4) is 33.4 Å². The molecule has 1 unspecified atom stereocenters. The summed E-state index contributed by atoms with van der Waals surface area (Å²) in [6.45, 7) is 8.50. The van der Waals surface area contributed by atoms with Crippen LogP contribution in [0.5, 0.6) is 0 Å². The van der Waals surface area contributed by atoms with E-state index in [4.69, 9.17) is 0 Å². The summed E-state index contributed by atoms with van der Waals surface area (Å²) < 4.78 is 0. The molecule has 222 valence electrons. The number of fused-ring (bicyclic) bond motifs is 3. The Hall–Kier alpha value is -4.94. The summed E-state index contributed by atoms with van der Waals surface area (Å²) in [6, 6.07) is 49.5. The molecule has 1 atom stereocenters. The number of rotatable bonds is 7. The van der Waals surface area contributed by atoms with Crippen LogP contribution < -0.4 is 0 Å². The van der Waals surface area contributed by atoms with Gasteiger partial charge in [0.05, 0.1) is 0 Å². The van der Waals surface area contributed by atoms with Gasteiger partial charge in [0.2, 0.25) is 0 Å². The highest BCUT2D eigenvalue weighted by Gasteiger charge is 2.28. The maximum absolute atomic E-state index is 4.00. The van der Waals surface area contributed by atoms with Crippen LogP contribution in [0.3, 0.4) is 0 Å². The number of benzene rings is 6. The second-order valence-electron chi connectivity index (χ2n) is 12.2. The van der Waals surface area contributed by atoms with E-state index in [1.54, 1.807) is 0 Å². The molecule has 0 saturated carbocycles. The number of hydrogen-bond acceptors (Lipinski definition) is 0. The van der Waals surface area contributed by atoms with Crippen LogP contribution in [-0.2, 0) is 19.3 Å². The summed E-state index contributed by atoms with van der Waals surface area (Å²) >= 11 is 0. The van der Waals surface area contributed by atoms with Crippen LogP contribution in [0.15, 0.2) is 146 Å². The molecule has 0 amide bonds. The molecule has 0 radical (unpaired) electrons. The van der Waals surface area contributed by atoms with Gasteiger partial charge < -0.3 is 0 Å². The van der Waals surface area contributed by atoms with Crippen LogP contribution in [-0.4, -0.2) is 0 Å². The van der Waals surface area contributed by atoms with E-state index in [0.717, 1.165) is 19.3 Å². The van der Waals surface area contributed by atoms with Gasteiger partial charge in [0.1, 0.15) is 0 Å². The molecule has 6 aromatic rings. The molecule has 0 spiro atoms. The van der Waals surface area contributed by atoms with E-state index in [9.17, 15) is 0 Å². The molecule has 1 aliphatic carbocycles. The van der Waals surface area contributed by atoms with Crippen LogP contribution in [0.1, 0.15) is 57.9 Å². The zero-order valence-corrected chi connectivity index (χ0v) is 25.7. The zero-order chi connectivity index (χ0) is 30.0. The Labute approximate surface area is 269 Å². The van der Waals surface area contributed by atoms with Gasteiger partial charge in [-0.05, 0) is 111 Å². The van der Waals surface area contributed by atoms with Crippen molar-refractivity contribution in [3.63, 3.8) is 0 Å². The van der Waals surface area contributed by atoms with E-state index in [1.807, 2.05) is 6.08 Å². The molecule has 0 heteroatoms. The molecule has 0 fully saturated rings. The van der Waals surface area contributed by atoms with Crippen LogP contribution in [0, 0.1) is 13.8 Å². The van der Waals surface area contributed by atoms with Crippen molar-refractivity contribution in [2.24, 2.45) is 0 Å². The van der Waals surface area contributed by atoms with Gasteiger partial charge in [0, 0.05) is 5.92 Å². The molecule has 0 saturated heterocycles. The fraction of sp³-hybridized carbons (Fsp3) is 0.156. The zero-order valence-electron chi connectivity index (χ0n) is 25.7. The highest BCUT2D eigenvalue weighted by Crippen LogP contribution is 2.46. The van der Waals surface area contributed by atoms with Gasteiger partial charge >= 0.3 is 0 Å². The highest BCUT2D eigenvalue weighted by atomic mass is 14.3. The van der Waals surface area contributed by atoms with Crippen molar-refractivity contribution < 1.29 is 0 Å². The predicted molar refractivity (Wildman–Crippen MR) is 194 cm³/mol. The average molecular weight is 583 g/mol. The molecular formula is C45H42. The fourth-order valence-electron chi connectivity index (χ4n) is 7.28. The Balaban J connectivity index is 0.00000357. The van der Waals surface area contributed by atoms with E-state index in [2.05, 4.69) is 154 Å². The SMILES string of the molecule is C.C=CCc1ccccc1-c1ccc2c(c1C)-c1ccccc1C(c1ccc(Cc3ccccc3-c3ccccc3C)cc1)C2. The molecule has 0 bridgehead atoms. The maximum atomic E-state index is 4.00. The summed E-state index contributed by atoms with van der Waals surface area (Å²) in [4.78, 5) is 0. The maximum Gasteiger partial charge on any atom is 0.0136 e. The van der Waals surface area contributed by atoms with E-state index < -0.39 is 0 Å². The van der Waals surface area contributed by atoms with E-state index in [1.165, 1.54) is 77.9 Å². The van der Waals surface area contributed by atoms with Gasteiger partial charge in [0.15, 0.2) is 0 Å². The molecule has 0 N–H and O–H groups in total. The van der Waals surface area contributed by atoms with Crippen molar-refractivity contribution in [2.75, 3.05) is 0 Å². The minimum Gasteiger partial charge on any atom is -0.103 e. The minimum absolute atomic E-state index is 0. The molecule has 1 aliphatic rings. The second-order valence-corrected chi connectivity index (χ2v) is 12.2. The summed E-state index contributed by atoms with van der Waals surface area (Å²) in [5.41, 5.74) is 19.0. The van der Waals surface area contributed by atoms with E-state index >= 15 is 0 Å². The minimum atomic E-state index is 0. The lowest BCUT2D eigenvalue weighted by Crippen LogP contribution is -2.14. The molecule has 6 aromatic carbocycles. The van der Waals surface area contributed by atoms with Crippen molar-refractivity contribution >= 4 is 0 Å². The van der Waals surface area contributed by atoms with Crippen molar-refractivity contribution in [2.45, 2.75) is 46.5 Å². The number of aryl methyl sites for hydroxylation is 1. The lowest BCUT2D eigenvalue weighted by molar-refractivity contribution is 0.792. The standard InChI is InChI=1S/C44H38.CH4/c1-4-13-33-15-6-9-18-39(33)38-27-26-36-29-43(41-20-11-12-21-42(41)44(36)31(38)3)34-24-22-32(23-25-34)28-35-16-7-10-19-40(35)37-17-8-5-14-30(37)2;/h4-12,14-27,43H,1,13,28-29H2,2-3H3;1H4.